The highest BCUT2D eigenvalue weighted by molar-refractivity contribution is 5.69. The molecule has 0 radical (unpaired) electrons. The summed E-state index contributed by atoms with van der Waals surface area (Å²) in [5, 5.41) is 9.02. The van der Waals surface area contributed by atoms with Crippen LogP contribution >= 0.6 is 0 Å². The molecule has 1 spiro atoms. The van der Waals surface area contributed by atoms with Gasteiger partial charge in [-0.05, 0) is 33.6 Å². The average Bonchev–Trinajstić information content (AvgIpc) is 2.56. The van der Waals surface area contributed by atoms with Gasteiger partial charge in [0.25, 0.3) is 0 Å². The molecule has 0 bridgehead atoms. The van der Waals surface area contributed by atoms with Gasteiger partial charge < -0.3 is 19.5 Å². The molecule has 2 aliphatic rings. The van der Waals surface area contributed by atoms with Crippen LogP contribution in [0.15, 0.2) is 0 Å². The highest BCUT2D eigenvalue weighted by Crippen LogP contribution is 2.38. The summed E-state index contributed by atoms with van der Waals surface area (Å²) in [6, 6.07) is 0. The smallest absolute Gasteiger partial charge is 0.410 e. The molecular weight excluding hydrogens is 222 g/mol. The zero-order valence-corrected chi connectivity index (χ0v) is 10.7. The van der Waals surface area contributed by atoms with Gasteiger partial charge in [-0.1, -0.05) is 0 Å². The molecule has 0 aliphatic carbocycles. The molecule has 0 aromatic carbocycles. The summed E-state index contributed by atoms with van der Waals surface area (Å²) in [7, 11) is 0. The number of aliphatic hydroxyl groups is 1. The quantitative estimate of drug-likeness (QED) is 0.750. The van der Waals surface area contributed by atoms with Crippen LogP contribution in [0.25, 0.3) is 0 Å². The largest absolute Gasteiger partial charge is 0.444 e. The van der Waals surface area contributed by atoms with Crippen molar-refractivity contribution in [2.45, 2.75) is 50.9 Å². The summed E-state index contributed by atoms with van der Waals surface area (Å²) in [6.07, 6.45) is 1.45. The second-order valence-electron chi connectivity index (χ2n) is 5.98. The Morgan fingerprint density at radius 1 is 1.53 bits per heavy atom. The summed E-state index contributed by atoms with van der Waals surface area (Å²) in [6.45, 7) is 6.79. The van der Waals surface area contributed by atoms with E-state index in [1.165, 1.54) is 0 Å². The molecule has 0 aromatic rings. The van der Waals surface area contributed by atoms with E-state index < -0.39 is 5.60 Å². The van der Waals surface area contributed by atoms with E-state index in [0.29, 0.717) is 13.1 Å². The van der Waals surface area contributed by atoms with Crippen LogP contribution in [-0.4, -0.2) is 53.1 Å². The molecular formula is C12H21NO4. The third kappa shape index (κ3) is 2.72. The van der Waals surface area contributed by atoms with Crippen LogP contribution in [0.5, 0.6) is 0 Å². The van der Waals surface area contributed by atoms with Crippen molar-refractivity contribution in [1.29, 1.82) is 0 Å². The maximum absolute atomic E-state index is 11.7. The van der Waals surface area contributed by atoms with Crippen molar-refractivity contribution in [1.82, 2.24) is 4.90 Å². The van der Waals surface area contributed by atoms with Crippen LogP contribution in [0.3, 0.4) is 0 Å². The molecule has 98 valence electrons. The summed E-state index contributed by atoms with van der Waals surface area (Å²) in [5.74, 6) is 0. The van der Waals surface area contributed by atoms with Gasteiger partial charge in [-0.2, -0.15) is 0 Å². The van der Waals surface area contributed by atoms with Crippen molar-refractivity contribution < 1.29 is 19.4 Å². The topological polar surface area (TPSA) is 59.0 Å². The van der Waals surface area contributed by atoms with E-state index in [1.54, 1.807) is 4.90 Å². The first-order valence-corrected chi connectivity index (χ1v) is 6.10. The second-order valence-corrected chi connectivity index (χ2v) is 5.98. The summed E-state index contributed by atoms with van der Waals surface area (Å²) in [5.41, 5.74) is -0.672. The molecule has 2 rings (SSSR count). The molecule has 1 amide bonds. The SMILES string of the molecule is CC(C)(C)OC(=O)N1CC2(CCC(CO)O2)C1. The minimum absolute atomic E-state index is 0.0595. The normalized spacial score (nSPS) is 27.1. The van der Waals surface area contributed by atoms with Crippen molar-refractivity contribution in [2.75, 3.05) is 19.7 Å². The monoisotopic (exact) mass is 243 g/mol. The standard InChI is InChI=1S/C12H21NO4/c1-11(2,3)17-10(15)13-7-12(8-13)5-4-9(6-14)16-12/h9,14H,4-8H2,1-3H3. The third-order valence-electron chi connectivity index (χ3n) is 3.15. The zero-order valence-electron chi connectivity index (χ0n) is 10.7. The Morgan fingerprint density at radius 3 is 2.65 bits per heavy atom. The van der Waals surface area contributed by atoms with Crippen LogP contribution in [-0.2, 0) is 9.47 Å². The van der Waals surface area contributed by atoms with Gasteiger partial charge in [-0.15, -0.1) is 0 Å². The number of hydrogen-bond acceptors (Lipinski definition) is 4. The van der Waals surface area contributed by atoms with Gasteiger partial charge in [0.1, 0.15) is 11.2 Å². The Labute approximate surface area is 102 Å². The fourth-order valence-corrected chi connectivity index (χ4v) is 2.36. The predicted octanol–water partition coefficient (Wildman–Crippen LogP) is 1.15. The molecule has 2 heterocycles. The molecule has 2 aliphatic heterocycles. The van der Waals surface area contributed by atoms with Crippen molar-refractivity contribution in [3.63, 3.8) is 0 Å². The van der Waals surface area contributed by atoms with Gasteiger partial charge in [-0.25, -0.2) is 4.79 Å². The predicted molar refractivity (Wildman–Crippen MR) is 61.7 cm³/mol. The number of hydrogen-bond donors (Lipinski definition) is 1. The van der Waals surface area contributed by atoms with E-state index >= 15 is 0 Å². The van der Waals surface area contributed by atoms with Crippen LogP contribution in [0, 0.1) is 0 Å². The minimum Gasteiger partial charge on any atom is -0.444 e. The van der Waals surface area contributed by atoms with Gasteiger partial charge >= 0.3 is 6.09 Å². The molecule has 5 heteroatoms. The van der Waals surface area contributed by atoms with E-state index in [1.807, 2.05) is 20.8 Å². The van der Waals surface area contributed by atoms with Gasteiger partial charge in [0.2, 0.25) is 0 Å². The maximum Gasteiger partial charge on any atom is 0.410 e. The first-order chi connectivity index (χ1) is 7.84. The summed E-state index contributed by atoms with van der Waals surface area (Å²) < 4.78 is 11.0. The minimum atomic E-state index is -0.454. The van der Waals surface area contributed by atoms with E-state index in [2.05, 4.69) is 0 Å². The Morgan fingerprint density at radius 2 is 2.18 bits per heavy atom. The molecule has 1 N–H and O–H groups in total. The van der Waals surface area contributed by atoms with Crippen molar-refractivity contribution in [3.8, 4) is 0 Å². The average molecular weight is 243 g/mol. The first-order valence-electron chi connectivity index (χ1n) is 6.10. The van der Waals surface area contributed by atoms with Gasteiger partial charge in [0.15, 0.2) is 0 Å². The fraction of sp³-hybridized carbons (Fsp3) is 0.917. The van der Waals surface area contributed by atoms with Crippen LogP contribution in [0.2, 0.25) is 0 Å². The lowest BCUT2D eigenvalue weighted by atomic mass is 9.91. The molecule has 1 atom stereocenters. The highest BCUT2D eigenvalue weighted by atomic mass is 16.6. The molecule has 2 fully saturated rings. The molecule has 2 saturated heterocycles. The van der Waals surface area contributed by atoms with Crippen LogP contribution in [0.1, 0.15) is 33.6 Å². The van der Waals surface area contributed by atoms with Gasteiger partial charge in [0.05, 0.1) is 25.8 Å². The number of carbonyl (C=O) groups excluding carboxylic acids is 1. The van der Waals surface area contributed by atoms with Crippen molar-refractivity contribution >= 4 is 6.09 Å². The maximum atomic E-state index is 11.7. The van der Waals surface area contributed by atoms with E-state index in [-0.39, 0.29) is 24.4 Å². The van der Waals surface area contributed by atoms with Crippen LogP contribution in [0.4, 0.5) is 4.79 Å². The lowest BCUT2D eigenvalue weighted by molar-refractivity contribution is -0.138. The third-order valence-corrected chi connectivity index (χ3v) is 3.15. The number of ether oxygens (including phenoxy) is 2. The Bertz CT molecular complexity index is 304. The molecule has 5 nitrogen and oxygen atoms in total. The molecule has 1 unspecified atom stereocenters. The summed E-state index contributed by atoms with van der Waals surface area (Å²) in [4.78, 5) is 13.4. The van der Waals surface area contributed by atoms with E-state index in [0.717, 1.165) is 12.8 Å². The Hall–Kier alpha value is -0.810. The number of amides is 1. The Balaban J connectivity index is 1.81. The van der Waals surface area contributed by atoms with Gasteiger partial charge in [-0.3, -0.25) is 0 Å². The number of nitrogens with zero attached hydrogens (tertiary/aromatic N) is 1. The lowest BCUT2D eigenvalue weighted by Gasteiger charge is -2.47. The van der Waals surface area contributed by atoms with Crippen molar-refractivity contribution in [2.24, 2.45) is 0 Å². The van der Waals surface area contributed by atoms with E-state index in [9.17, 15) is 4.79 Å². The second kappa shape index (κ2) is 4.14. The zero-order chi connectivity index (χ0) is 12.7. The summed E-state index contributed by atoms with van der Waals surface area (Å²) >= 11 is 0. The van der Waals surface area contributed by atoms with Crippen molar-refractivity contribution in [3.05, 3.63) is 0 Å². The molecule has 0 saturated carbocycles. The van der Waals surface area contributed by atoms with E-state index in [4.69, 9.17) is 14.6 Å². The number of rotatable bonds is 1. The molecule has 0 aromatic heterocycles. The Kier molecular flexibility index (Phi) is 3.08. The number of likely N-dealkylation sites (tertiary alicyclic amines) is 1. The first kappa shape index (κ1) is 12.6. The van der Waals surface area contributed by atoms with Crippen LogP contribution < -0.4 is 0 Å². The fourth-order valence-electron chi connectivity index (χ4n) is 2.36. The lowest BCUT2D eigenvalue weighted by Crippen LogP contribution is -2.64. The number of carbonyl (C=O) groups is 1. The number of aliphatic hydroxyl groups excluding tert-OH is 1. The molecule has 17 heavy (non-hydrogen) atoms. The van der Waals surface area contributed by atoms with Gasteiger partial charge in [0, 0.05) is 0 Å². The highest BCUT2D eigenvalue weighted by Gasteiger charge is 2.51.